The first-order valence-corrected chi connectivity index (χ1v) is 7.57. The van der Waals surface area contributed by atoms with Gasteiger partial charge in [-0.3, -0.25) is 14.4 Å². The Bertz CT molecular complexity index is 582. The van der Waals surface area contributed by atoms with Gasteiger partial charge in [-0.25, -0.2) is 0 Å². The van der Waals surface area contributed by atoms with Crippen LogP contribution in [0.4, 0.5) is 0 Å². The first-order valence-electron chi connectivity index (χ1n) is 7.57. The van der Waals surface area contributed by atoms with Crippen LogP contribution >= 0.6 is 0 Å². The summed E-state index contributed by atoms with van der Waals surface area (Å²) in [5.74, 6) is -1.13. The standard InChI is InChI=1S/C17H23N3O3/c1-4-10-18-16(22)12(2)19-17(23)15(20-13(3)21)11-14-8-6-5-7-9-14/h5-9,11-12H,4,10H2,1-3H3,(H,18,22)(H,19,23)(H,20,21)/b15-11-/t12-/m1/s1. The summed E-state index contributed by atoms with van der Waals surface area (Å²) in [6.45, 7) is 5.42. The van der Waals surface area contributed by atoms with Crippen molar-refractivity contribution >= 4 is 23.8 Å². The molecule has 1 aromatic rings. The largest absolute Gasteiger partial charge is 0.354 e. The summed E-state index contributed by atoms with van der Waals surface area (Å²) in [7, 11) is 0. The fourth-order valence-electron chi connectivity index (χ4n) is 1.81. The average Bonchev–Trinajstić information content (AvgIpc) is 2.52. The van der Waals surface area contributed by atoms with E-state index in [1.165, 1.54) is 6.92 Å². The summed E-state index contributed by atoms with van der Waals surface area (Å²) in [4.78, 5) is 35.4. The fraction of sp³-hybridized carbons (Fsp3) is 0.353. The fourth-order valence-corrected chi connectivity index (χ4v) is 1.81. The molecule has 1 rings (SSSR count). The third kappa shape index (κ3) is 6.78. The van der Waals surface area contributed by atoms with E-state index in [0.29, 0.717) is 6.54 Å². The van der Waals surface area contributed by atoms with E-state index >= 15 is 0 Å². The third-order valence-electron chi connectivity index (χ3n) is 2.96. The van der Waals surface area contributed by atoms with Crippen molar-refractivity contribution in [2.75, 3.05) is 6.54 Å². The molecule has 23 heavy (non-hydrogen) atoms. The van der Waals surface area contributed by atoms with E-state index in [2.05, 4.69) is 16.0 Å². The number of amides is 3. The monoisotopic (exact) mass is 317 g/mol. The molecule has 0 radical (unpaired) electrons. The van der Waals surface area contributed by atoms with Crippen LogP contribution in [0.3, 0.4) is 0 Å². The second-order valence-corrected chi connectivity index (χ2v) is 5.14. The zero-order chi connectivity index (χ0) is 17.2. The molecule has 0 aromatic heterocycles. The van der Waals surface area contributed by atoms with Gasteiger partial charge in [0.15, 0.2) is 0 Å². The first-order chi connectivity index (χ1) is 10.9. The average molecular weight is 317 g/mol. The molecule has 3 amide bonds. The van der Waals surface area contributed by atoms with Gasteiger partial charge in [0.1, 0.15) is 11.7 Å². The minimum absolute atomic E-state index is 0.0961. The van der Waals surface area contributed by atoms with Crippen molar-refractivity contribution in [1.82, 2.24) is 16.0 Å². The summed E-state index contributed by atoms with van der Waals surface area (Å²) >= 11 is 0. The van der Waals surface area contributed by atoms with Gasteiger partial charge < -0.3 is 16.0 Å². The van der Waals surface area contributed by atoms with Crippen LogP contribution in [0.2, 0.25) is 0 Å². The van der Waals surface area contributed by atoms with Crippen LogP contribution in [0.25, 0.3) is 6.08 Å². The number of benzene rings is 1. The SMILES string of the molecule is CCCNC(=O)[C@@H](C)NC(=O)/C(=C/c1ccccc1)NC(C)=O. The smallest absolute Gasteiger partial charge is 0.268 e. The maximum absolute atomic E-state index is 12.3. The lowest BCUT2D eigenvalue weighted by Crippen LogP contribution is -2.47. The van der Waals surface area contributed by atoms with Crippen LogP contribution in [-0.2, 0) is 14.4 Å². The van der Waals surface area contributed by atoms with E-state index in [4.69, 9.17) is 0 Å². The Morgan fingerprint density at radius 3 is 2.39 bits per heavy atom. The second kappa shape index (κ2) is 9.40. The molecule has 1 atom stereocenters. The van der Waals surface area contributed by atoms with E-state index in [1.807, 2.05) is 37.3 Å². The molecule has 6 heteroatoms. The summed E-state index contributed by atoms with van der Waals surface area (Å²) in [6.07, 6.45) is 2.38. The van der Waals surface area contributed by atoms with Crippen molar-refractivity contribution in [3.05, 3.63) is 41.6 Å². The Balaban J connectivity index is 2.82. The summed E-state index contributed by atoms with van der Waals surface area (Å²) < 4.78 is 0. The van der Waals surface area contributed by atoms with Crippen LogP contribution < -0.4 is 16.0 Å². The van der Waals surface area contributed by atoms with E-state index in [9.17, 15) is 14.4 Å². The third-order valence-corrected chi connectivity index (χ3v) is 2.96. The first kappa shape index (κ1) is 18.4. The van der Waals surface area contributed by atoms with Gasteiger partial charge in [0.05, 0.1) is 0 Å². The van der Waals surface area contributed by atoms with Gasteiger partial charge in [-0.05, 0) is 25.0 Å². The molecule has 0 bridgehead atoms. The predicted octanol–water partition coefficient (Wildman–Crippen LogP) is 1.19. The Morgan fingerprint density at radius 2 is 1.83 bits per heavy atom. The van der Waals surface area contributed by atoms with Crippen LogP contribution in [0, 0.1) is 0 Å². The maximum atomic E-state index is 12.3. The quantitative estimate of drug-likeness (QED) is 0.660. The lowest BCUT2D eigenvalue weighted by atomic mass is 10.2. The Hall–Kier alpha value is -2.63. The van der Waals surface area contributed by atoms with Gasteiger partial charge in [0, 0.05) is 13.5 Å². The molecule has 0 fully saturated rings. The van der Waals surface area contributed by atoms with E-state index < -0.39 is 11.9 Å². The summed E-state index contributed by atoms with van der Waals surface area (Å²) in [5.41, 5.74) is 0.869. The van der Waals surface area contributed by atoms with Gasteiger partial charge in [-0.1, -0.05) is 37.3 Å². The van der Waals surface area contributed by atoms with Gasteiger partial charge in [-0.2, -0.15) is 0 Å². The molecule has 0 saturated heterocycles. The predicted molar refractivity (Wildman–Crippen MR) is 89.1 cm³/mol. The highest BCUT2D eigenvalue weighted by Crippen LogP contribution is 2.05. The van der Waals surface area contributed by atoms with Gasteiger partial charge >= 0.3 is 0 Å². The number of hydrogen-bond acceptors (Lipinski definition) is 3. The van der Waals surface area contributed by atoms with Crippen LogP contribution in [-0.4, -0.2) is 30.3 Å². The minimum Gasteiger partial charge on any atom is -0.354 e. The normalized spacial score (nSPS) is 12.2. The topological polar surface area (TPSA) is 87.3 Å². The van der Waals surface area contributed by atoms with E-state index in [0.717, 1.165) is 12.0 Å². The number of carbonyl (C=O) groups excluding carboxylic acids is 3. The van der Waals surface area contributed by atoms with Crippen molar-refractivity contribution < 1.29 is 14.4 Å². The highest BCUT2D eigenvalue weighted by molar-refractivity contribution is 6.02. The summed E-state index contributed by atoms with van der Waals surface area (Å²) in [5, 5.41) is 7.78. The molecule has 3 N–H and O–H groups in total. The molecule has 0 heterocycles. The molecule has 0 aliphatic heterocycles. The molecular weight excluding hydrogens is 294 g/mol. The minimum atomic E-state index is -0.693. The molecule has 0 aliphatic carbocycles. The Labute approximate surface area is 136 Å². The van der Waals surface area contributed by atoms with Crippen molar-refractivity contribution in [1.29, 1.82) is 0 Å². The van der Waals surface area contributed by atoms with Crippen molar-refractivity contribution in [2.24, 2.45) is 0 Å². The zero-order valence-electron chi connectivity index (χ0n) is 13.7. The van der Waals surface area contributed by atoms with Crippen molar-refractivity contribution in [2.45, 2.75) is 33.2 Å². The number of hydrogen-bond donors (Lipinski definition) is 3. The van der Waals surface area contributed by atoms with Gasteiger partial charge in [0.2, 0.25) is 11.8 Å². The molecule has 0 spiro atoms. The second-order valence-electron chi connectivity index (χ2n) is 5.14. The molecule has 0 saturated carbocycles. The highest BCUT2D eigenvalue weighted by atomic mass is 16.2. The highest BCUT2D eigenvalue weighted by Gasteiger charge is 2.18. The Morgan fingerprint density at radius 1 is 1.17 bits per heavy atom. The van der Waals surface area contributed by atoms with Crippen molar-refractivity contribution in [3.63, 3.8) is 0 Å². The summed E-state index contributed by atoms with van der Waals surface area (Å²) in [6, 6.07) is 8.45. The van der Waals surface area contributed by atoms with Gasteiger partial charge in [0.25, 0.3) is 5.91 Å². The van der Waals surface area contributed by atoms with E-state index in [-0.39, 0.29) is 17.5 Å². The molecular formula is C17H23N3O3. The van der Waals surface area contributed by atoms with Crippen LogP contribution in [0.1, 0.15) is 32.8 Å². The number of rotatable bonds is 7. The lowest BCUT2D eigenvalue weighted by Gasteiger charge is -2.15. The number of carbonyl (C=O) groups is 3. The maximum Gasteiger partial charge on any atom is 0.268 e. The number of nitrogens with one attached hydrogen (secondary N) is 3. The zero-order valence-corrected chi connectivity index (χ0v) is 13.7. The van der Waals surface area contributed by atoms with Crippen molar-refractivity contribution in [3.8, 4) is 0 Å². The Kier molecular flexibility index (Phi) is 7.53. The molecule has 124 valence electrons. The molecule has 6 nitrogen and oxygen atoms in total. The lowest BCUT2D eigenvalue weighted by molar-refractivity contribution is -0.127. The van der Waals surface area contributed by atoms with Gasteiger partial charge in [-0.15, -0.1) is 0 Å². The van der Waals surface area contributed by atoms with Crippen LogP contribution in [0.5, 0.6) is 0 Å². The molecule has 1 aromatic carbocycles. The molecule has 0 aliphatic rings. The van der Waals surface area contributed by atoms with E-state index in [1.54, 1.807) is 13.0 Å². The molecule has 0 unspecified atom stereocenters. The van der Waals surface area contributed by atoms with Crippen LogP contribution in [0.15, 0.2) is 36.0 Å².